The van der Waals surface area contributed by atoms with Gasteiger partial charge in [0.1, 0.15) is 5.82 Å². The number of aromatic amines is 2. The molecule has 0 saturated heterocycles. The minimum absolute atomic E-state index is 0.122. The van der Waals surface area contributed by atoms with Crippen molar-refractivity contribution in [2.24, 2.45) is 0 Å². The highest BCUT2D eigenvalue weighted by Gasteiger charge is 2.02. The average Bonchev–Trinajstić information content (AvgIpc) is 2.90. The summed E-state index contributed by atoms with van der Waals surface area (Å²) in [4.78, 5) is 14.6. The predicted molar refractivity (Wildman–Crippen MR) is 66.1 cm³/mol. The van der Waals surface area contributed by atoms with E-state index < -0.39 is 0 Å². The second-order valence-corrected chi connectivity index (χ2v) is 3.78. The minimum atomic E-state index is -0.122. The Labute approximate surface area is 101 Å². The molecule has 0 aliphatic rings. The first kappa shape index (κ1) is 10.5. The molecule has 3 aromatic rings. The number of hydrogen-bond acceptors (Lipinski definition) is 5. The Balaban J connectivity index is 1.91. The second-order valence-electron chi connectivity index (χ2n) is 3.78. The van der Waals surface area contributed by atoms with E-state index in [0.29, 0.717) is 23.6 Å². The first-order valence-electron chi connectivity index (χ1n) is 5.41. The third kappa shape index (κ3) is 1.93. The topological polar surface area (TPSA) is 99.4 Å². The highest BCUT2D eigenvalue weighted by atomic mass is 16.1. The standard InChI is InChI=1S/C11H10N6O/c18-11-8-4-2-1-3-7(8)5-9(13-11)12-6-10-14-16-17-15-10/h1-5H,6H2,(H2,12,13,18)(H,14,15,16,17). The zero-order chi connectivity index (χ0) is 12.4. The summed E-state index contributed by atoms with van der Waals surface area (Å²) in [5.74, 6) is 1.16. The third-order valence-electron chi connectivity index (χ3n) is 2.58. The molecule has 0 spiro atoms. The van der Waals surface area contributed by atoms with Gasteiger partial charge in [-0.15, -0.1) is 10.2 Å². The number of benzene rings is 1. The van der Waals surface area contributed by atoms with Crippen LogP contribution in [-0.2, 0) is 6.54 Å². The zero-order valence-corrected chi connectivity index (χ0v) is 9.34. The van der Waals surface area contributed by atoms with Gasteiger partial charge in [-0.3, -0.25) is 4.79 Å². The van der Waals surface area contributed by atoms with Gasteiger partial charge in [-0.1, -0.05) is 23.4 Å². The molecule has 0 bridgehead atoms. The predicted octanol–water partition coefficient (Wildman–Crippen LogP) is 0.653. The third-order valence-corrected chi connectivity index (χ3v) is 2.58. The molecule has 7 heteroatoms. The molecular formula is C11H10N6O. The summed E-state index contributed by atoms with van der Waals surface area (Å²) in [6.45, 7) is 0.394. The molecule has 0 aliphatic heterocycles. The Kier molecular flexibility index (Phi) is 2.49. The fourth-order valence-electron chi connectivity index (χ4n) is 1.74. The number of nitrogens with zero attached hydrogens (tertiary/aromatic N) is 3. The summed E-state index contributed by atoms with van der Waals surface area (Å²) in [6, 6.07) is 9.28. The molecule has 3 N–H and O–H groups in total. The van der Waals surface area contributed by atoms with Gasteiger partial charge in [-0.25, -0.2) is 0 Å². The fourth-order valence-corrected chi connectivity index (χ4v) is 1.74. The van der Waals surface area contributed by atoms with Crippen LogP contribution in [0.2, 0.25) is 0 Å². The number of H-pyrrole nitrogens is 2. The molecule has 0 saturated carbocycles. The van der Waals surface area contributed by atoms with Crippen LogP contribution in [0.1, 0.15) is 5.82 Å². The van der Waals surface area contributed by atoms with Gasteiger partial charge in [0.15, 0.2) is 5.82 Å². The molecule has 0 amide bonds. The van der Waals surface area contributed by atoms with Crippen LogP contribution in [0.15, 0.2) is 35.1 Å². The van der Waals surface area contributed by atoms with Gasteiger partial charge in [0.25, 0.3) is 5.56 Å². The van der Waals surface area contributed by atoms with Crippen molar-refractivity contribution in [2.75, 3.05) is 5.32 Å². The lowest BCUT2D eigenvalue weighted by Gasteiger charge is -2.04. The molecule has 0 atom stereocenters. The van der Waals surface area contributed by atoms with Crippen molar-refractivity contribution < 1.29 is 0 Å². The Bertz CT molecular complexity index is 718. The van der Waals surface area contributed by atoms with Gasteiger partial charge in [-0.2, -0.15) is 5.21 Å². The van der Waals surface area contributed by atoms with E-state index in [1.165, 1.54) is 0 Å². The van der Waals surface area contributed by atoms with E-state index in [-0.39, 0.29) is 5.56 Å². The summed E-state index contributed by atoms with van der Waals surface area (Å²) in [5.41, 5.74) is -0.122. The molecule has 0 unspecified atom stereocenters. The largest absolute Gasteiger partial charge is 0.364 e. The van der Waals surface area contributed by atoms with Crippen LogP contribution >= 0.6 is 0 Å². The zero-order valence-electron chi connectivity index (χ0n) is 9.34. The van der Waals surface area contributed by atoms with Gasteiger partial charge >= 0.3 is 0 Å². The normalized spacial score (nSPS) is 10.7. The fraction of sp³-hybridized carbons (Fsp3) is 0.0909. The van der Waals surface area contributed by atoms with E-state index in [0.717, 1.165) is 5.39 Å². The maximum absolute atomic E-state index is 11.8. The highest BCUT2D eigenvalue weighted by molar-refractivity contribution is 5.83. The van der Waals surface area contributed by atoms with Gasteiger partial charge in [-0.05, 0) is 17.5 Å². The van der Waals surface area contributed by atoms with Crippen LogP contribution in [0.5, 0.6) is 0 Å². The summed E-state index contributed by atoms with van der Waals surface area (Å²) in [5, 5.41) is 18.0. The first-order chi connectivity index (χ1) is 8.83. The molecule has 0 radical (unpaired) electrons. The summed E-state index contributed by atoms with van der Waals surface area (Å²) in [6.07, 6.45) is 0. The summed E-state index contributed by atoms with van der Waals surface area (Å²) in [7, 11) is 0. The van der Waals surface area contributed by atoms with E-state index in [1.807, 2.05) is 24.3 Å². The first-order valence-corrected chi connectivity index (χ1v) is 5.41. The number of fused-ring (bicyclic) bond motifs is 1. The van der Waals surface area contributed by atoms with Gasteiger partial charge < -0.3 is 10.3 Å². The monoisotopic (exact) mass is 242 g/mol. The summed E-state index contributed by atoms with van der Waals surface area (Å²) >= 11 is 0. The van der Waals surface area contributed by atoms with E-state index in [1.54, 1.807) is 6.07 Å². The molecule has 7 nitrogen and oxygen atoms in total. The Morgan fingerprint density at radius 3 is 3.00 bits per heavy atom. The molecule has 3 rings (SSSR count). The van der Waals surface area contributed by atoms with Crippen LogP contribution in [0.25, 0.3) is 10.8 Å². The molecule has 0 fully saturated rings. The van der Waals surface area contributed by atoms with E-state index in [2.05, 4.69) is 30.9 Å². The molecule has 2 aromatic heterocycles. The number of anilines is 1. The van der Waals surface area contributed by atoms with Crippen molar-refractivity contribution in [2.45, 2.75) is 6.54 Å². The molecule has 18 heavy (non-hydrogen) atoms. The van der Waals surface area contributed by atoms with Crippen LogP contribution in [0.4, 0.5) is 5.82 Å². The number of rotatable bonds is 3. The number of hydrogen-bond donors (Lipinski definition) is 3. The summed E-state index contributed by atoms with van der Waals surface area (Å²) < 4.78 is 0. The SMILES string of the molecule is O=c1[nH]c(NCc2nn[nH]n2)cc2ccccc12. The lowest BCUT2D eigenvalue weighted by molar-refractivity contribution is 0.881. The lowest BCUT2D eigenvalue weighted by Crippen LogP contribution is -2.11. The van der Waals surface area contributed by atoms with E-state index in [4.69, 9.17) is 0 Å². The van der Waals surface area contributed by atoms with Crippen LogP contribution in [0.3, 0.4) is 0 Å². The van der Waals surface area contributed by atoms with E-state index >= 15 is 0 Å². The maximum Gasteiger partial charge on any atom is 0.257 e. The Hall–Kier alpha value is -2.70. The van der Waals surface area contributed by atoms with Crippen LogP contribution in [-0.4, -0.2) is 25.6 Å². The Morgan fingerprint density at radius 2 is 2.17 bits per heavy atom. The van der Waals surface area contributed by atoms with Crippen molar-refractivity contribution in [3.63, 3.8) is 0 Å². The van der Waals surface area contributed by atoms with Crippen LogP contribution < -0.4 is 10.9 Å². The molecule has 2 heterocycles. The van der Waals surface area contributed by atoms with E-state index in [9.17, 15) is 4.79 Å². The average molecular weight is 242 g/mol. The van der Waals surface area contributed by atoms with Gasteiger partial charge in [0.2, 0.25) is 0 Å². The number of aromatic nitrogens is 5. The van der Waals surface area contributed by atoms with Crippen molar-refractivity contribution in [1.82, 2.24) is 25.6 Å². The van der Waals surface area contributed by atoms with Crippen molar-refractivity contribution >= 4 is 16.6 Å². The maximum atomic E-state index is 11.8. The van der Waals surface area contributed by atoms with Gasteiger partial charge in [0, 0.05) is 5.39 Å². The van der Waals surface area contributed by atoms with Crippen molar-refractivity contribution in [3.05, 3.63) is 46.5 Å². The lowest BCUT2D eigenvalue weighted by atomic mass is 10.2. The van der Waals surface area contributed by atoms with Gasteiger partial charge in [0.05, 0.1) is 6.54 Å². The molecule has 90 valence electrons. The molecular weight excluding hydrogens is 232 g/mol. The minimum Gasteiger partial charge on any atom is -0.364 e. The molecule has 1 aromatic carbocycles. The highest BCUT2D eigenvalue weighted by Crippen LogP contribution is 2.12. The van der Waals surface area contributed by atoms with Crippen molar-refractivity contribution in [1.29, 1.82) is 0 Å². The second kappa shape index (κ2) is 4.28. The van der Waals surface area contributed by atoms with Crippen LogP contribution in [0, 0.1) is 0 Å². The number of pyridine rings is 1. The number of tetrazole rings is 1. The number of nitrogens with one attached hydrogen (secondary N) is 3. The quantitative estimate of drug-likeness (QED) is 0.626. The Morgan fingerprint density at radius 1 is 1.28 bits per heavy atom. The smallest absolute Gasteiger partial charge is 0.257 e. The molecule has 0 aliphatic carbocycles. The van der Waals surface area contributed by atoms with Crippen molar-refractivity contribution in [3.8, 4) is 0 Å².